The Balaban J connectivity index is 1.80. The zero-order chi connectivity index (χ0) is 18.9. The van der Waals surface area contributed by atoms with Crippen LogP contribution in [-0.4, -0.2) is 30.8 Å². The lowest BCUT2D eigenvalue weighted by Crippen LogP contribution is -2.16. The van der Waals surface area contributed by atoms with E-state index < -0.39 is 0 Å². The Morgan fingerprint density at radius 1 is 0.962 bits per heavy atom. The van der Waals surface area contributed by atoms with E-state index in [0.717, 1.165) is 5.69 Å². The first kappa shape index (κ1) is 19.2. The van der Waals surface area contributed by atoms with E-state index in [1.807, 2.05) is 0 Å². The van der Waals surface area contributed by atoms with Gasteiger partial charge in [-0.25, -0.2) is 4.79 Å². The molecule has 1 amide bonds. The van der Waals surface area contributed by atoms with Crippen LogP contribution in [0.5, 0.6) is 0 Å². The van der Waals surface area contributed by atoms with Crippen molar-refractivity contribution in [2.45, 2.75) is 20.3 Å². The van der Waals surface area contributed by atoms with Gasteiger partial charge < -0.3 is 15.4 Å². The predicted molar refractivity (Wildman–Crippen MR) is 101 cm³/mol. The summed E-state index contributed by atoms with van der Waals surface area (Å²) in [5, 5.41) is 5.89. The van der Waals surface area contributed by atoms with Gasteiger partial charge in [0.1, 0.15) is 0 Å². The van der Waals surface area contributed by atoms with Crippen molar-refractivity contribution in [2.24, 2.45) is 0 Å². The van der Waals surface area contributed by atoms with E-state index in [9.17, 15) is 14.4 Å². The molecule has 2 N–H and O–H groups in total. The highest BCUT2D eigenvalue weighted by Gasteiger charge is 2.07. The molecular weight excluding hydrogens is 332 g/mol. The number of anilines is 2. The van der Waals surface area contributed by atoms with Crippen LogP contribution in [0.1, 0.15) is 41.0 Å². The van der Waals surface area contributed by atoms with Crippen molar-refractivity contribution < 1.29 is 19.1 Å². The highest BCUT2D eigenvalue weighted by atomic mass is 16.5. The Hall–Kier alpha value is -3.15. The molecule has 0 aliphatic carbocycles. The second-order valence-electron chi connectivity index (χ2n) is 5.66. The van der Waals surface area contributed by atoms with Gasteiger partial charge in [-0.2, -0.15) is 0 Å². The number of hydrogen-bond donors (Lipinski definition) is 2. The molecule has 6 heteroatoms. The number of rotatable bonds is 8. The van der Waals surface area contributed by atoms with Gasteiger partial charge in [0.15, 0.2) is 5.78 Å². The summed E-state index contributed by atoms with van der Waals surface area (Å²) in [5.41, 5.74) is 2.45. The number of carbonyl (C=O) groups excluding carboxylic acids is 3. The lowest BCUT2D eigenvalue weighted by atomic mass is 10.1. The van der Waals surface area contributed by atoms with Gasteiger partial charge in [-0.1, -0.05) is 12.1 Å². The molecule has 2 rings (SSSR count). The minimum atomic E-state index is -0.355. The van der Waals surface area contributed by atoms with Crippen molar-refractivity contribution in [1.82, 2.24) is 0 Å². The first-order chi connectivity index (χ1) is 12.5. The van der Waals surface area contributed by atoms with Gasteiger partial charge in [0.2, 0.25) is 5.91 Å². The fraction of sp³-hybridized carbons (Fsp3) is 0.250. The van der Waals surface area contributed by atoms with E-state index in [1.54, 1.807) is 55.5 Å². The van der Waals surface area contributed by atoms with Crippen molar-refractivity contribution in [2.75, 3.05) is 23.8 Å². The number of ether oxygens (including phenoxy) is 1. The maximum absolute atomic E-state index is 12.0. The molecule has 0 radical (unpaired) electrons. The average molecular weight is 354 g/mol. The number of Topliss-reactive ketones (excluding diaryl/α,β-unsaturated/α-hetero) is 1. The molecule has 0 fully saturated rings. The zero-order valence-corrected chi connectivity index (χ0v) is 14.9. The van der Waals surface area contributed by atoms with E-state index in [4.69, 9.17) is 4.74 Å². The summed E-state index contributed by atoms with van der Waals surface area (Å²) >= 11 is 0. The number of esters is 1. The lowest BCUT2D eigenvalue weighted by molar-refractivity contribution is -0.115. The number of amides is 1. The van der Waals surface area contributed by atoms with Gasteiger partial charge in [-0.3, -0.25) is 9.59 Å². The standard InChI is InChI=1S/C20H22N2O4/c1-3-26-20(25)15-7-9-17(10-8-15)21-12-11-19(24)22-18-6-4-5-16(13-18)14(2)23/h4-10,13,21H,3,11-12H2,1-2H3,(H,22,24). The van der Waals surface area contributed by atoms with E-state index in [0.29, 0.717) is 30.0 Å². The average Bonchev–Trinajstić information content (AvgIpc) is 2.62. The third-order valence-electron chi connectivity index (χ3n) is 3.63. The van der Waals surface area contributed by atoms with Gasteiger partial charge >= 0.3 is 5.97 Å². The fourth-order valence-electron chi connectivity index (χ4n) is 2.30. The minimum Gasteiger partial charge on any atom is -0.462 e. The molecule has 0 spiro atoms. The molecule has 26 heavy (non-hydrogen) atoms. The van der Waals surface area contributed by atoms with Gasteiger partial charge in [0.25, 0.3) is 0 Å². The van der Waals surface area contributed by atoms with E-state index in [2.05, 4.69) is 10.6 Å². The van der Waals surface area contributed by atoms with Crippen LogP contribution in [0.2, 0.25) is 0 Å². The summed E-state index contributed by atoms with van der Waals surface area (Å²) in [7, 11) is 0. The highest BCUT2D eigenvalue weighted by molar-refractivity contribution is 5.97. The molecule has 0 saturated carbocycles. The summed E-state index contributed by atoms with van der Waals surface area (Å²) in [6.45, 7) is 4.02. The number of hydrogen-bond acceptors (Lipinski definition) is 5. The Bertz CT molecular complexity index is 785. The number of carbonyl (C=O) groups is 3. The first-order valence-corrected chi connectivity index (χ1v) is 8.41. The molecule has 136 valence electrons. The molecule has 2 aromatic carbocycles. The van der Waals surface area contributed by atoms with Crippen LogP contribution in [0.15, 0.2) is 48.5 Å². The predicted octanol–water partition coefficient (Wildman–Crippen LogP) is 3.51. The van der Waals surface area contributed by atoms with Crippen molar-refractivity contribution in [3.8, 4) is 0 Å². The third-order valence-corrected chi connectivity index (χ3v) is 3.63. The molecule has 0 bridgehead atoms. The SMILES string of the molecule is CCOC(=O)c1ccc(NCCC(=O)Nc2cccc(C(C)=O)c2)cc1. The van der Waals surface area contributed by atoms with E-state index >= 15 is 0 Å². The van der Waals surface area contributed by atoms with Gasteiger partial charge in [-0.05, 0) is 50.2 Å². The van der Waals surface area contributed by atoms with Crippen LogP contribution in [0.4, 0.5) is 11.4 Å². The summed E-state index contributed by atoms with van der Waals surface area (Å²) < 4.78 is 4.93. The first-order valence-electron chi connectivity index (χ1n) is 8.41. The molecule has 6 nitrogen and oxygen atoms in total. The Kier molecular flexibility index (Phi) is 6.91. The van der Waals surface area contributed by atoms with Gasteiger partial charge in [0, 0.05) is 29.9 Å². The van der Waals surface area contributed by atoms with Crippen molar-refractivity contribution in [3.63, 3.8) is 0 Å². The van der Waals surface area contributed by atoms with Crippen LogP contribution in [0.25, 0.3) is 0 Å². The minimum absolute atomic E-state index is 0.0472. The van der Waals surface area contributed by atoms with Gasteiger partial charge in [0.05, 0.1) is 12.2 Å². The summed E-state index contributed by atoms with van der Waals surface area (Å²) in [6.07, 6.45) is 0.268. The molecule has 0 aliphatic rings. The van der Waals surface area contributed by atoms with Crippen LogP contribution in [0.3, 0.4) is 0 Å². The van der Waals surface area contributed by atoms with E-state index in [1.165, 1.54) is 6.92 Å². The van der Waals surface area contributed by atoms with Gasteiger partial charge in [-0.15, -0.1) is 0 Å². The van der Waals surface area contributed by atoms with Crippen molar-refractivity contribution in [3.05, 3.63) is 59.7 Å². The fourth-order valence-corrected chi connectivity index (χ4v) is 2.30. The van der Waals surface area contributed by atoms with Crippen LogP contribution < -0.4 is 10.6 Å². The second-order valence-corrected chi connectivity index (χ2v) is 5.66. The second kappa shape index (κ2) is 9.36. The topological polar surface area (TPSA) is 84.5 Å². The van der Waals surface area contributed by atoms with Crippen LogP contribution in [0, 0.1) is 0 Å². The lowest BCUT2D eigenvalue weighted by Gasteiger charge is -2.09. The maximum Gasteiger partial charge on any atom is 0.338 e. The third kappa shape index (κ3) is 5.73. The quantitative estimate of drug-likeness (QED) is 0.560. The number of benzene rings is 2. The number of nitrogens with one attached hydrogen (secondary N) is 2. The smallest absolute Gasteiger partial charge is 0.338 e. The molecule has 0 unspecified atom stereocenters. The summed E-state index contributed by atoms with van der Waals surface area (Å²) in [5.74, 6) is -0.554. The number of ketones is 1. The van der Waals surface area contributed by atoms with Crippen molar-refractivity contribution >= 4 is 29.0 Å². The molecule has 2 aromatic rings. The molecule has 0 aromatic heterocycles. The summed E-state index contributed by atoms with van der Waals surface area (Å²) in [4.78, 5) is 34.9. The van der Waals surface area contributed by atoms with Crippen LogP contribution in [-0.2, 0) is 9.53 Å². The monoisotopic (exact) mass is 354 g/mol. The molecule has 0 aliphatic heterocycles. The van der Waals surface area contributed by atoms with E-state index in [-0.39, 0.29) is 24.1 Å². The molecule has 0 saturated heterocycles. The molecule has 0 atom stereocenters. The zero-order valence-electron chi connectivity index (χ0n) is 14.9. The maximum atomic E-state index is 12.0. The molecular formula is C20H22N2O4. The largest absolute Gasteiger partial charge is 0.462 e. The Morgan fingerprint density at radius 2 is 1.69 bits per heavy atom. The summed E-state index contributed by atoms with van der Waals surface area (Å²) in [6, 6.07) is 13.7. The normalized spacial score (nSPS) is 10.1. The Morgan fingerprint density at radius 3 is 2.35 bits per heavy atom. The highest BCUT2D eigenvalue weighted by Crippen LogP contribution is 2.13. The van der Waals surface area contributed by atoms with Crippen molar-refractivity contribution in [1.29, 1.82) is 0 Å². The van der Waals surface area contributed by atoms with Crippen LogP contribution >= 0.6 is 0 Å². The molecule has 0 heterocycles. The Labute approximate surface area is 152 Å².